The number of nitrogens with one attached hydrogen (secondary N) is 1. The molecule has 0 radical (unpaired) electrons. The van der Waals surface area contributed by atoms with Gasteiger partial charge in [0.1, 0.15) is 5.75 Å². The highest BCUT2D eigenvalue weighted by Crippen LogP contribution is 2.29. The molecular weight excluding hydrogens is 491 g/mol. The number of halogens is 3. The van der Waals surface area contributed by atoms with E-state index in [1.165, 1.54) is 18.2 Å². The molecule has 0 bridgehead atoms. The number of imidazole rings is 1. The van der Waals surface area contributed by atoms with Crippen LogP contribution in [0.3, 0.4) is 0 Å². The number of H-pyrrole nitrogens is 1. The molecule has 0 unspecified atom stereocenters. The fourth-order valence-electron chi connectivity index (χ4n) is 4.35. The van der Waals surface area contributed by atoms with Gasteiger partial charge in [-0.25, -0.2) is 4.98 Å². The summed E-state index contributed by atoms with van der Waals surface area (Å²) in [5, 5.41) is 0. The van der Waals surface area contributed by atoms with Gasteiger partial charge < -0.3 is 14.6 Å². The molecule has 5 nitrogen and oxygen atoms in total. The molecule has 1 N–H and O–H groups in total. The maximum atomic E-state index is 13.6. The van der Waals surface area contributed by atoms with E-state index in [4.69, 9.17) is 0 Å². The van der Waals surface area contributed by atoms with Gasteiger partial charge >= 0.3 is 6.36 Å². The summed E-state index contributed by atoms with van der Waals surface area (Å²) >= 11 is 0. The summed E-state index contributed by atoms with van der Waals surface area (Å²) in [6.07, 6.45) is 1.84. The zero-order valence-corrected chi connectivity index (χ0v) is 21.2. The maximum absolute atomic E-state index is 13.6. The van der Waals surface area contributed by atoms with Crippen LogP contribution in [0.25, 0.3) is 11.1 Å². The second-order valence-electron chi connectivity index (χ2n) is 9.17. The van der Waals surface area contributed by atoms with Crippen LogP contribution in [-0.2, 0) is 13.0 Å². The molecule has 0 spiro atoms. The number of ether oxygens (including phenoxy) is 1. The summed E-state index contributed by atoms with van der Waals surface area (Å²) in [4.78, 5) is 22.4. The molecule has 0 saturated heterocycles. The number of para-hydroxylation sites is 1. The Morgan fingerprint density at radius 3 is 2.45 bits per heavy atom. The quantitative estimate of drug-likeness (QED) is 0.210. The van der Waals surface area contributed by atoms with Gasteiger partial charge in [0.2, 0.25) is 0 Å². The number of aromatic nitrogens is 2. The highest BCUT2D eigenvalue weighted by atomic mass is 19.4. The number of rotatable bonds is 11. The van der Waals surface area contributed by atoms with Gasteiger partial charge in [0.05, 0.1) is 11.9 Å². The van der Waals surface area contributed by atoms with Crippen LogP contribution in [0.1, 0.15) is 46.4 Å². The van der Waals surface area contributed by atoms with Crippen molar-refractivity contribution < 1.29 is 22.7 Å². The predicted molar refractivity (Wildman–Crippen MR) is 141 cm³/mol. The first-order chi connectivity index (χ1) is 18.3. The van der Waals surface area contributed by atoms with Crippen molar-refractivity contribution in [2.24, 2.45) is 0 Å². The summed E-state index contributed by atoms with van der Waals surface area (Å²) in [5.41, 5.74) is 4.94. The molecule has 0 aliphatic carbocycles. The lowest BCUT2D eigenvalue weighted by Crippen LogP contribution is -2.32. The van der Waals surface area contributed by atoms with Crippen molar-refractivity contribution >= 4 is 5.91 Å². The molecule has 3 aromatic carbocycles. The van der Waals surface area contributed by atoms with Gasteiger partial charge in [-0.1, -0.05) is 61.0 Å². The second kappa shape index (κ2) is 12.4. The Balaban J connectivity index is 1.56. The molecule has 38 heavy (non-hydrogen) atoms. The van der Waals surface area contributed by atoms with Gasteiger partial charge in [0.15, 0.2) is 0 Å². The molecule has 4 rings (SSSR count). The molecule has 4 aromatic rings. The van der Waals surface area contributed by atoms with Crippen LogP contribution in [-0.4, -0.2) is 33.7 Å². The lowest BCUT2D eigenvalue weighted by molar-refractivity contribution is -0.274. The molecule has 8 heteroatoms. The number of nitrogens with zero attached hydrogens (tertiary/aromatic N) is 2. The van der Waals surface area contributed by atoms with Crippen molar-refractivity contribution in [3.63, 3.8) is 0 Å². The molecular formula is C30H30F3N3O2. The average molecular weight is 522 g/mol. The van der Waals surface area contributed by atoms with Crippen LogP contribution in [0.5, 0.6) is 5.75 Å². The minimum atomic E-state index is -4.89. The van der Waals surface area contributed by atoms with Crippen molar-refractivity contribution in [1.29, 1.82) is 0 Å². The highest BCUT2D eigenvalue weighted by Gasteiger charge is 2.33. The first kappa shape index (κ1) is 27.0. The van der Waals surface area contributed by atoms with Gasteiger partial charge in [-0.2, -0.15) is 0 Å². The summed E-state index contributed by atoms with van der Waals surface area (Å²) in [6, 6.07) is 21.5. The van der Waals surface area contributed by atoms with Crippen molar-refractivity contribution in [1.82, 2.24) is 14.9 Å². The van der Waals surface area contributed by atoms with Crippen molar-refractivity contribution in [3.8, 4) is 16.9 Å². The van der Waals surface area contributed by atoms with E-state index in [-0.39, 0.29) is 12.1 Å². The standard InChI is InChI=1S/C30H30F3N3O2/c1-22-15-16-24(23-10-4-2-5-11-23)18-25(22)20-36(17-9-3-6-12-26-19-34-21-35-26)29(37)27-13-7-8-14-28(27)38-30(31,32)33/h2,4-5,7-8,10-11,13-16,18-19,21H,3,6,9,12,17,20H2,1H3,(H,34,35). The Morgan fingerprint density at radius 1 is 0.947 bits per heavy atom. The fraction of sp³-hybridized carbons (Fsp3) is 0.267. The molecule has 198 valence electrons. The van der Waals surface area contributed by atoms with Crippen LogP contribution in [0.15, 0.2) is 85.3 Å². The lowest BCUT2D eigenvalue weighted by atomic mass is 9.99. The van der Waals surface area contributed by atoms with E-state index in [0.717, 1.165) is 47.2 Å². The minimum Gasteiger partial charge on any atom is -0.405 e. The number of aryl methyl sites for hydroxylation is 2. The predicted octanol–water partition coefficient (Wildman–Crippen LogP) is 7.34. The van der Waals surface area contributed by atoms with Crippen molar-refractivity contribution in [2.75, 3.05) is 6.54 Å². The first-order valence-corrected chi connectivity index (χ1v) is 12.6. The molecule has 0 aliphatic rings. The first-order valence-electron chi connectivity index (χ1n) is 12.6. The van der Waals surface area contributed by atoms with Gasteiger partial charge in [0, 0.05) is 25.0 Å². The molecule has 0 fully saturated rings. The topological polar surface area (TPSA) is 58.2 Å². The molecule has 1 heterocycles. The third kappa shape index (κ3) is 7.47. The molecule has 0 saturated carbocycles. The Labute approximate surface area is 220 Å². The number of carbonyl (C=O) groups excluding carboxylic acids is 1. The summed E-state index contributed by atoms with van der Waals surface area (Å²) in [6.45, 7) is 2.64. The van der Waals surface area contributed by atoms with Crippen LogP contribution in [0.4, 0.5) is 13.2 Å². The number of unbranched alkanes of at least 4 members (excludes halogenated alkanes) is 2. The fourth-order valence-corrected chi connectivity index (χ4v) is 4.35. The number of alkyl halides is 3. The Bertz CT molecular complexity index is 1320. The summed E-state index contributed by atoms with van der Waals surface area (Å²) in [5.74, 6) is -0.994. The zero-order valence-electron chi connectivity index (χ0n) is 21.2. The number of amides is 1. The van der Waals surface area contributed by atoms with E-state index in [0.29, 0.717) is 13.0 Å². The van der Waals surface area contributed by atoms with Gasteiger partial charge in [-0.05, 0) is 66.6 Å². The van der Waals surface area contributed by atoms with Crippen molar-refractivity contribution in [2.45, 2.75) is 45.5 Å². The van der Waals surface area contributed by atoms with Crippen molar-refractivity contribution in [3.05, 3.63) is 108 Å². The highest BCUT2D eigenvalue weighted by molar-refractivity contribution is 5.97. The number of benzene rings is 3. The lowest BCUT2D eigenvalue weighted by Gasteiger charge is -2.25. The number of hydrogen-bond acceptors (Lipinski definition) is 3. The average Bonchev–Trinajstić information content (AvgIpc) is 3.42. The minimum absolute atomic E-state index is 0.112. The maximum Gasteiger partial charge on any atom is 0.573 e. The van der Waals surface area contributed by atoms with E-state index < -0.39 is 18.0 Å². The third-order valence-corrected chi connectivity index (χ3v) is 6.38. The molecule has 1 amide bonds. The summed E-state index contributed by atoms with van der Waals surface area (Å²) in [7, 11) is 0. The second-order valence-corrected chi connectivity index (χ2v) is 9.17. The van der Waals surface area contributed by atoms with Crippen LogP contribution in [0, 0.1) is 6.92 Å². The van der Waals surface area contributed by atoms with E-state index in [2.05, 4.69) is 14.7 Å². The normalized spacial score (nSPS) is 11.4. The molecule has 0 atom stereocenters. The monoisotopic (exact) mass is 521 g/mol. The van der Waals surface area contributed by atoms with Crippen LogP contribution >= 0.6 is 0 Å². The van der Waals surface area contributed by atoms with E-state index in [9.17, 15) is 18.0 Å². The number of carbonyl (C=O) groups is 1. The third-order valence-electron chi connectivity index (χ3n) is 6.38. The van der Waals surface area contributed by atoms with Crippen LogP contribution in [0.2, 0.25) is 0 Å². The van der Waals surface area contributed by atoms with Crippen LogP contribution < -0.4 is 4.74 Å². The van der Waals surface area contributed by atoms with Gasteiger partial charge in [-0.15, -0.1) is 13.2 Å². The van der Waals surface area contributed by atoms with Gasteiger partial charge in [0.25, 0.3) is 5.91 Å². The van der Waals surface area contributed by atoms with E-state index in [1.807, 2.05) is 55.5 Å². The Kier molecular flexibility index (Phi) is 8.84. The number of hydrogen-bond donors (Lipinski definition) is 1. The molecule has 0 aliphatic heterocycles. The Morgan fingerprint density at radius 2 is 1.71 bits per heavy atom. The summed E-state index contributed by atoms with van der Waals surface area (Å²) < 4.78 is 43.3. The smallest absolute Gasteiger partial charge is 0.405 e. The largest absolute Gasteiger partial charge is 0.573 e. The number of aromatic amines is 1. The zero-order chi connectivity index (χ0) is 27.0. The SMILES string of the molecule is Cc1ccc(-c2ccccc2)cc1CN(CCCCCc1cnc[nH]1)C(=O)c1ccccc1OC(F)(F)F. The Hall–Kier alpha value is -4.07. The van der Waals surface area contributed by atoms with E-state index >= 15 is 0 Å². The van der Waals surface area contributed by atoms with Gasteiger partial charge in [-0.3, -0.25) is 4.79 Å². The molecule has 1 aromatic heterocycles. The van der Waals surface area contributed by atoms with E-state index in [1.54, 1.807) is 23.5 Å².